The molecule has 4 rings (SSSR count). The Kier molecular flexibility index (Phi) is 6.07. The first-order valence-corrected chi connectivity index (χ1v) is 11.6. The van der Waals surface area contributed by atoms with Crippen molar-refractivity contribution in [3.8, 4) is 5.69 Å². The molecule has 0 aliphatic carbocycles. The van der Waals surface area contributed by atoms with Crippen LogP contribution in [0.3, 0.4) is 0 Å². The van der Waals surface area contributed by atoms with Crippen LogP contribution in [-0.2, 0) is 11.3 Å². The first kappa shape index (κ1) is 21.8. The molecule has 0 saturated carbocycles. The highest BCUT2D eigenvalue weighted by Crippen LogP contribution is 2.35. The van der Waals surface area contributed by atoms with E-state index in [0.717, 1.165) is 39.3 Å². The molecule has 0 unspecified atom stereocenters. The number of carbonyl (C=O) groups is 2. The number of imide groups is 1. The zero-order valence-corrected chi connectivity index (χ0v) is 20.3. The Morgan fingerprint density at radius 3 is 2.52 bits per heavy atom. The van der Waals surface area contributed by atoms with E-state index in [2.05, 4.69) is 52.3 Å². The third kappa shape index (κ3) is 4.21. The number of aromatic nitrogens is 1. The van der Waals surface area contributed by atoms with Crippen LogP contribution >= 0.6 is 34.4 Å². The lowest BCUT2D eigenvalue weighted by Gasteiger charge is -2.13. The molecule has 1 aliphatic rings. The van der Waals surface area contributed by atoms with Gasteiger partial charge in [0.15, 0.2) is 0 Å². The molecule has 0 N–H and O–H groups in total. The molecule has 3 aromatic rings. The number of hydrogen-bond donors (Lipinski definition) is 0. The van der Waals surface area contributed by atoms with E-state index in [9.17, 15) is 14.0 Å². The van der Waals surface area contributed by atoms with Crippen LogP contribution in [0, 0.1) is 30.2 Å². The predicted molar refractivity (Wildman–Crippen MR) is 131 cm³/mol. The van der Waals surface area contributed by atoms with Gasteiger partial charge in [0.2, 0.25) is 0 Å². The Labute approximate surface area is 198 Å². The van der Waals surface area contributed by atoms with Crippen LogP contribution in [0.2, 0.25) is 0 Å². The van der Waals surface area contributed by atoms with E-state index in [1.54, 1.807) is 24.3 Å². The van der Waals surface area contributed by atoms with Gasteiger partial charge < -0.3 is 4.57 Å². The number of benzene rings is 2. The molecule has 7 heteroatoms. The van der Waals surface area contributed by atoms with E-state index in [-0.39, 0.29) is 11.8 Å². The van der Waals surface area contributed by atoms with Gasteiger partial charge in [-0.3, -0.25) is 14.5 Å². The monoisotopic (exact) mass is 546 g/mol. The predicted octanol–water partition coefficient (Wildman–Crippen LogP) is 6.38. The van der Waals surface area contributed by atoms with Crippen LogP contribution in [0.1, 0.15) is 28.1 Å². The summed E-state index contributed by atoms with van der Waals surface area (Å²) in [6, 6.07) is 14.5. The Balaban J connectivity index is 1.65. The summed E-state index contributed by atoms with van der Waals surface area (Å²) in [7, 11) is 0. The number of carbonyl (C=O) groups excluding carboxylic acids is 2. The van der Waals surface area contributed by atoms with Crippen molar-refractivity contribution >= 4 is 51.6 Å². The minimum atomic E-state index is -0.429. The normalized spacial score (nSPS) is 15.4. The van der Waals surface area contributed by atoms with Crippen molar-refractivity contribution in [3.05, 3.63) is 90.9 Å². The molecular formula is C24H20FIN2O2S. The number of amides is 2. The van der Waals surface area contributed by atoms with Crippen LogP contribution < -0.4 is 0 Å². The van der Waals surface area contributed by atoms with Gasteiger partial charge in [-0.05, 0) is 103 Å². The van der Waals surface area contributed by atoms with Crippen LogP contribution in [-0.4, -0.2) is 20.6 Å². The van der Waals surface area contributed by atoms with E-state index < -0.39 is 11.7 Å². The molecule has 0 bridgehead atoms. The third-order valence-corrected chi connectivity index (χ3v) is 7.43. The van der Waals surface area contributed by atoms with Crippen molar-refractivity contribution in [1.29, 1.82) is 0 Å². The minimum absolute atomic E-state index is 0.0738. The summed E-state index contributed by atoms with van der Waals surface area (Å²) in [5.74, 6) is -0.824. The first-order chi connectivity index (χ1) is 14.8. The van der Waals surface area contributed by atoms with Crippen LogP contribution in [0.15, 0.2) is 53.4 Å². The van der Waals surface area contributed by atoms with Gasteiger partial charge in [-0.1, -0.05) is 18.2 Å². The number of rotatable bonds is 4. The second-order valence-electron chi connectivity index (χ2n) is 7.45. The summed E-state index contributed by atoms with van der Waals surface area (Å²) >= 11 is 3.20. The fourth-order valence-corrected chi connectivity index (χ4v) is 4.84. The van der Waals surface area contributed by atoms with Gasteiger partial charge in [0.05, 0.1) is 11.4 Å². The largest absolute Gasteiger partial charge is 0.318 e. The topological polar surface area (TPSA) is 42.3 Å². The van der Waals surface area contributed by atoms with E-state index in [1.807, 2.05) is 19.9 Å². The number of aryl methyl sites for hydroxylation is 2. The van der Waals surface area contributed by atoms with Gasteiger partial charge in [0.1, 0.15) is 5.82 Å². The van der Waals surface area contributed by atoms with Gasteiger partial charge in [-0.2, -0.15) is 0 Å². The van der Waals surface area contributed by atoms with Crippen LogP contribution in [0.25, 0.3) is 11.8 Å². The Hall–Kier alpha value is -2.39. The molecule has 2 aromatic carbocycles. The SMILES string of the molecule is Cc1cc(-n2c(C)cc(/C=C3\SC(=O)N(Cc4ccccc4F)C3=O)c2C)ccc1I. The summed E-state index contributed by atoms with van der Waals surface area (Å²) in [6.07, 6.45) is 1.75. The minimum Gasteiger partial charge on any atom is -0.318 e. The molecule has 4 nitrogen and oxygen atoms in total. The molecule has 2 heterocycles. The van der Waals surface area contributed by atoms with Crippen molar-refractivity contribution < 1.29 is 14.0 Å². The second-order valence-corrected chi connectivity index (χ2v) is 9.61. The summed E-state index contributed by atoms with van der Waals surface area (Å²) in [6.45, 7) is 6.01. The van der Waals surface area contributed by atoms with E-state index in [4.69, 9.17) is 0 Å². The van der Waals surface area contributed by atoms with Gasteiger partial charge in [-0.15, -0.1) is 0 Å². The summed E-state index contributed by atoms with van der Waals surface area (Å²) < 4.78 is 17.3. The molecule has 0 atom stereocenters. The van der Waals surface area contributed by atoms with Crippen molar-refractivity contribution in [2.75, 3.05) is 0 Å². The average molecular weight is 546 g/mol. The van der Waals surface area contributed by atoms with Gasteiger partial charge in [0.25, 0.3) is 11.1 Å². The number of halogens is 2. The molecule has 2 amide bonds. The van der Waals surface area contributed by atoms with Crippen molar-refractivity contribution in [2.24, 2.45) is 0 Å². The third-order valence-electron chi connectivity index (χ3n) is 5.32. The van der Waals surface area contributed by atoms with Gasteiger partial charge >= 0.3 is 0 Å². The fourth-order valence-electron chi connectivity index (χ4n) is 3.67. The van der Waals surface area contributed by atoms with Crippen molar-refractivity contribution in [1.82, 2.24) is 9.47 Å². The zero-order chi connectivity index (χ0) is 22.3. The summed E-state index contributed by atoms with van der Waals surface area (Å²) in [5, 5.41) is -0.387. The Bertz CT molecular complexity index is 1250. The molecule has 0 radical (unpaired) electrons. The highest BCUT2D eigenvalue weighted by molar-refractivity contribution is 14.1. The summed E-state index contributed by atoms with van der Waals surface area (Å²) in [4.78, 5) is 26.8. The molecule has 1 aliphatic heterocycles. The van der Waals surface area contributed by atoms with E-state index in [0.29, 0.717) is 10.5 Å². The second kappa shape index (κ2) is 8.63. The Morgan fingerprint density at radius 1 is 1.06 bits per heavy atom. The number of nitrogens with zero attached hydrogens (tertiary/aromatic N) is 2. The fraction of sp³-hybridized carbons (Fsp3) is 0.167. The first-order valence-electron chi connectivity index (χ1n) is 9.70. The Morgan fingerprint density at radius 2 is 1.81 bits per heavy atom. The number of hydrogen-bond acceptors (Lipinski definition) is 3. The maximum atomic E-state index is 14.0. The van der Waals surface area contributed by atoms with Crippen LogP contribution in [0.5, 0.6) is 0 Å². The zero-order valence-electron chi connectivity index (χ0n) is 17.3. The molecule has 0 spiro atoms. The maximum absolute atomic E-state index is 14.0. The quantitative estimate of drug-likeness (QED) is 0.282. The average Bonchev–Trinajstić information content (AvgIpc) is 3.15. The molecule has 1 saturated heterocycles. The summed E-state index contributed by atoms with van der Waals surface area (Å²) in [5.41, 5.74) is 5.47. The van der Waals surface area contributed by atoms with Crippen molar-refractivity contribution in [3.63, 3.8) is 0 Å². The lowest BCUT2D eigenvalue weighted by atomic mass is 10.2. The van der Waals surface area contributed by atoms with E-state index in [1.165, 1.54) is 15.2 Å². The number of thioether (sulfide) groups is 1. The smallest absolute Gasteiger partial charge is 0.293 e. The molecule has 1 fully saturated rings. The molecule has 31 heavy (non-hydrogen) atoms. The lowest BCUT2D eigenvalue weighted by molar-refractivity contribution is -0.123. The molecular weight excluding hydrogens is 526 g/mol. The maximum Gasteiger partial charge on any atom is 0.293 e. The highest BCUT2D eigenvalue weighted by atomic mass is 127. The van der Waals surface area contributed by atoms with Crippen molar-refractivity contribution in [2.45, 2.75) is 27.3 Å². The van der Waals surface area contributed by atoms with Crippen LogP contribution in [0.4, 0.5) is 9.18 Å². The molecule has 1 aromatic heterocycles. The standard InChI is InChI=1S/C24H20FIN2O2S/c1-14-10-19(8-9-21(14)26)28-15(2)11-18(16(28)3)12-22-23(29)27(24(30)31-22)13-17-6-4-5-7-20(17)25/h4-12H,13H2,1-3H3/b22-12-. The van der Waals surface area contributed by atoms with Gasteiger partial charge in [-0.25, -0.2) is 4.39 Å². The lowest BCUT2D eigenvalue weighted by Crippen LogP contribution is -2.27. The highest BCUT2D eigenvalue weighted by Gasteiger charge is 2.35. The van der Waals surface area contributed by atoms with E-state index >= 15 is 0 Å². The van der Waals surface area contributed by atoms with Gasteiger partial charge in [0, 0.05) is 26.2 Å². The molecule has 158 valence electrons.